The second kappa shape index (κ2) is 6.51. The first kappa shape index (κ1) is 13.0. The lowest BCUT2D eigenvalue weighted by Gasteiger charge is -2.03. The highest BCUT2D eigenvalue weighted by molar-refractivity contribution is 7.98. The molecule has 18 heavy (non-hydrogen) atoms. The number of nitrogens with two attached hydrogens (primary N) is 1. The quantitative estimate of drug-likeness (QED) is 0.857. The van der Waals surface area contributed by atoms with E-state index in [9.17, 15) is 0 Å². The molecule has 1 unspecified atom stereocenters. The van der Waals surface area contributed by atoms with Crippen molar-refractivity contribution in [2.75, 3.05) is 12.0 Å². The number of thioether (sulfide) groups is 1. The topological polar surface area (TPSA) is 77.8 Å². The van der Waals surface area contributed by atoms with Gasteiger partial charge in [0.1, 0.15) is 0 Å². The van der Waals surface area contributed by atoms with Crippen LogP contribution in [0.3, 0.4) is 0 Å². The first-order valence-corrected chi connectivity index (χ1v) is 7.15. The molecular formula is C12H16N4OS. The Kier molecular flexibility index (Phi) is 4.72. The molecule has 96 valence electrons. The molecule has 0 aromatic carbocycles. The molecule has 0 amide bonds. The van der Waals surface area contributed by atoms with Gasteiger partial charge in [0.2, 0.25) is 5.89 Å². The van der Waals surface area contributed by atoms with E-state index in [2.05, 4.69) is 21.4 Å². The molecule has 0 radical (unpaired) electrons. The smallest absolute Gasteiger partial charge is 0.243 e. The maximum Gasteiger partial charge on any atom is 0.243 e. The Morgan fingerprint density at radius 2 is 2.17 bits per heavy atom. The number of pyridine rings is 1. The van der Waals surface area contributed by atoms with Crippen LogP contribution in [0.2, 0.25) is 0 Å². The average molecular weight is 264 g/mol. The molecule has 2 aromatic rings. The van der Waals surface area contributed by atoms with Crippen molar-refractivity contribution in [3.8, 4) is 0 Å². The third-order valence-electron chi connectivity index (χ3n) is 2.55. The maximum atomic E-state index is 5.97. The Balaban J connectivity index is 1.98. The molecule has 0 aliphatic rings. The minimum atomic E-state index is -0.170. The highest BCUT2D eigenvalue weighted by Crippen LogP contribution is 2.15. The lowest BCUT2D eigenvalue weighted by Crippen LogP contribution is -2.11. The second-order valence-corrected chi connectivity index (χ2v) is 4.95. The normalized spacial score (nSPS) is 12.6. The molecule has 5 nitrogen and oxygen atoms in total. The van der Waals surface area contributed by atoms with Gasteiger partial charge in [-0.15, -0.1) is 0 Å². The van der Waals surface area contributed by atoms with Gasteiger partial charge >= 0.3 is 0 Å². The van der Waals surface area contributed by atoms with Crippen LogP contribution in [-0.4, -0.2) is 27.1 Å². The highest BCUT2D eigenvalue weighted by atomic mass is 32.2. The number of hydrogen-bond donors (Lipinski definition) is 1. The number of aromatic nitrogens is 3. The van der Waals surface area contributed by atoms with Crippen molar-refractivity contribution in [3.63, 3.8) is 0 Å². The molecule has 2 aromatic heterocycles. The largest absolute Gasteiger partial charge is 0.338 e. The fraction of sp³-hybridized carbons (Fsp3) is 0.417. The predicted molar refractivity (Wildman–Crippen MR) is 71.3 cm³/mol. The highest BCUT2D eigenvalue weighted by Gasteiger charge is 2.14. The van der Waals surface area contributed by atoms with Gasteiger partial charge in [0.15, 0.2) is 5.82 Å². The van der Waals surface area contributed by atoms with Gasteiger partial charge in [-0.2, -0.15) is 16.7 Å². The van der Waals surface area contributed by atoms with E-state index in [1.165, 1.54) is 0 Å². The van der Waals surface area contributed by atoms with Crippen molar-refractivity contribution in [1.29, 1.82) is 0 Å². The van der Waals surface area contributed by atoms with Crippen LogP contribution in [0.1, 0.15) is 29.7 Å². The third kappa shape index (κ3) is 3.54. The van der Waals surface area contributed by atoms with Crippen molar-refractivity contribution in [1.82, 2.24) is 15.1 Å². The van der Waals surface area contributed by atoms with Crippen LogP contribution in [-0.2, 0) is 6.42 Å². The SMILES string of the molecule is CSCCC(N)c1nc(Cc2ccncc2)no1. The summed E-state index contributed by atoms with van der Waals surface area (Å²) < 4.78 is 5.18. The molecule has 0 fully saturated rings. The Bertz CT molecular complexity index is 474. The van der Waals surface area contributed by atoms with E-state index in [0.29, 0.717) is 18.1 Å². The molecule has 0 aliphatic carbocycles. The minimum Gasteiger partial charge on any atom is -0.338 e. The lowest BCUT2D eigenvalue weighted by molar-refractivity contribution is 0.349. The van der Waals surface area contributed by atoms with Crippen LogP contribution in [0, 0.1) is 0 Å². The molecule has 0 saturated carbocycles. The van der Waals surface area contributed by atoms with Gasteiger partial charge in [-0.1, -0.05) is 5.16 Å². The van der Waals surface area contributed by atoms with E-state index >= 15 is 0 Å². The van der Waals surface area contributed by atoms with Crippen molar-refractivity contribution in [3.05, 3.63) is 41.8 Å². The van der Waals surface area contributed by atoms with E-state index < -0.39 is 0 Å². The number of nitrogens with zero attached hydrogens (tertiary/aromatic N) is 3. The summed E-state index contributed by atoms with van der Waals surface area (Å²) in [6.07, 6.45) is 7.04. The monoisotopic (exact) mass is 264 g/mol. The summed E-state index contributed by atoms with van der Waals surface area (Å²) in [4.78, 5) is 8.29. The van der Waals surface area contributed by atoms with Gasteiger partial charge in [-0.3, -0.25) is 4.98 Å². The fourth-order valence-corrected chi connectivity index (χ4v) is 2.03. The molecule has 0 spiro atoms. The van der Waals surface area contributed by atoms with Crippen LogP contribution in [0.5, 0.6) is 0 Å². The summed E-state index contributed by atoms with van der Waals surface area (Å²) in [7, 11) is 0. The van der Waals surface area contributed by atoms with Crippen LogP contribution in [0.4, 0.5) is 0 Å². The zero-order valence-corrected chi connectivity index (χ0v) is 11.1. The summed E-state index contributed by atoms with van der Waals surface area (Å²) in [6, 6.07) is 3.70. The lowest BCUT2D eigenvalue weighted by atomic mass is 10.2. The standard InChI is InChI=1S/C12H16N4OS/c1-18-7-4-10(13)12-15-11(16-17-12)8-9-2-5-14-6-3-9/h2-3,5-6,10H,4,7-8,13H2,1H3. The molecule has 1 atom stereocenters. The van der Waals surface area contributed by atoms with Gasteiger partial charge in [-0.25, -0.2) is 0 Å². The number of hydrogen-bond acceptors (Lipinski definition) is 6. The van der Waals surface area contributed by atoms with Crippen molar-refractivity contribution in [2.24, 2.45) is 5.73 Å². The summed E-state index contributed by atoms with van der Waals surface area (Å²) in [6.45, 7) is 0. The molecule has 2 N–H and O–H groups in total. The zero-order valence-electron chi connectivity index (χ0n) is 10.2. The predicted octanol–water partition coefficient (Wildman–Crippen LogP) is 1.81. The van der Waals surface area contributed by atoms with Gasteiger partial charge < -0.3 is 10.3 Å². The molecule has 6 heteroatoms. The molecular weight excluding hydrogens is 248 g/mol. The molecule has 2 heterocycles. The summed E-state index contributed by atoms with van der Waals surface area (Å²) in [5.74, 6) is 2.17. The van der Waals surface area contributed by atoms with E-state index in [1.54, 1.807) is 24.2 Å². The minimum absolute atomic E-state index is 0.170. The van der Waals surface area contributed by atoms with E-state index in [-0.39, 0.29) is 6.04 Å². The van der Waals surface area contributed by atoms with Gasteiger partial charge in [-0.05, 0) is 36.1 Å². The maximum absolute atomic E-state index is 5.97. The first-order valence-electron chi connectivity index (χ1n) is 5.75. The second-order valence-electron chi connectivity index (χ2n) is 3.97. The van der Waals surface area contributed by atoms with E-state index in [4.69, 9.17) is 10.3 Å². The molecule has 0 aliphatic heterocycles. The number of rotatable bonds is 6. The van der Waals surface area contributed by atoms with Gasteiger partial charge in [0, 0.05) is 18.8 Å². The zero-order chi connectivity index (χ0) is 12.8. The third-order valence-corrected chi connectivity index (χ3v) is 3.19. The first-order chi connectivity index (χ1) is 8.79. The average Bonchev–Trinajstić information content (AvgIpc) is 2.86. The molecule has 0 saturated heterocycles. The van der Waals surface area contributed by atoms with E-state index in [1.807, 2.05) is 12.1 Å². The van der Waals surface area contributed by atoms with Crippen molar-refractivity contribution >= 4 is 11.8 Å². The summed E-state index contributed by atoms with van der Waals surface area (Å²) >= 11 is 1.76. The Labute approximate surface area is 110 Å². The van der Waals surface area contributed by atoms with Gasteiger partial charge in [0.25, 0.3) is 0 Å². The molecule has 2 rings (SSSR count). The van der Waals surface area contributed by atoms with Crippen LogP contribution < -0.4 is 5.73 Å². The Morgan fingerprint density at radius 1 is 1.39 bits per heavy atom. The van der Waals surface area contributed by atoms with Crippen molar-refractivity contribution < 1.29 is 4.52 Å². The summed E-state index contributed by atoms with van der Waals surface area (Å²) in [5.41, 5.74) is 7.07. The summed E-state index contributed by atoms with van der Waals surface area (Å²) in [5, 5.41) is 3.95. The van der Waals surface area contributed by atoms with Crippen LogP contribution in [0.15, 0.2) is 29.0 Å². The van der Waals surface area contributed by atoms with Crippen LogP contribution in [0.25, 0.3) is 0 Å². The fourth-order valence-electron chi connectivity index (χ4n) is 1.54. The Hall–Kier alpha value is -1.40. The van der Waals surface area contributed by atoms with E-state index in [0.717, 1.165) is 17.7 Å². The molecule has 0 bridgehead atoms. The van der Waals surface area contributed by atoms with Gasteiger partial charge in [0.05, 0.1) is 6.04 Å². The van der Waals surface area contributed by atoms with Crippen LogP contribution >= 0.6 is 11.8 Å². The Morgan fingerprint density at radius 3 is 2.89 bits per heavy atom. The van der Waals surface area contributed by atoms with Crippen molar-refractivity contribution in [2.45, 2.75) is 18.9 Å².